The first-order valence-corrected chi connectivity index (χ1v) is 10.7. The summed E-state index contributed by atoms with van der Waals surface area (Å²) < 4.78 is 45.7. The number of amides is 2. The fourth-order valence-corrected chi connectivity index (χ4v) is 3.83. The number of oxazole rings is 1. The second-order valence-electron chi connectivity index (χ2n) is 6.85. The molecular weight excluding hydrogens is 455 g/mol. The van der Waals surface area contributed by atoms with Gasteiger partial charge in [-0.3, -0.25) is 9.59 Å². The van der Waals surface area contributed by atoms with Crippen LogP contribution in [0.1, 0.15) is 15.9 Å². The summed E-state index contributed by atoms with van der Waals surface area (Å²) in [5.41, 5.74) is 1.90. The maximum absolute atomic E-state index is 13.7. The quantitative estimate of drug-likeness (QED) is 0.296. The van der Waals surface area contributed by atoms with E-state index in [-0.39, 0.29) is 0 Å². The van der Waals surface area contributed by atoms with Gasteiger partial charge in [-0.25, -0.2) is 18.2 Å². The molecule has 168 valence electrons. The Morgan fingerprint density at radius 2 is 1.70 bits per heavy atom. The molecule has 0 spiro atoms. The van der Waals surface area contributed by atoms with Crippen LogP contribution in [0.3, 0.4) is 0 Å². The van der Waals surface area contributed by atoms with Crippen molar-refractivity contribution >= 4 is 40.4 Å². The first-order valence-electron chi connectivity index (χ1n) is 9.70. The zero-order valence-corrected chi connectivity index (χ0v) is 17.7. The number of rotatable bonds is 7. The SMILES string of the molecule is O=C(CNC(=O)c1ccccc1CSc1nc2ccccc2o1)Nc1ccc(F)c(F)c1F. The summed E-state index contributed by atoms with van der Waals surface area (Å²) in [7, 11) is 0. The Kier molecular flexibility index (Phi) is 6.64. The van der Waals surface area contributed by atoms with Crippen molar-refractivity contribution in [1.29, 1.82) is 0 Å². The molecule has 0 saturated carbocycles. The van der Waals surface area contributed by atoms with Gasteiger partial charge in [0.25, 0.3) is 11.1 Å². The lowest BCUT2D eigenvalue weighted by Gasteiger charge is -2.10. The molecule has 2 amide bonds. The molecule has 1 aromatic heterocycles. The van der Waals surface area contributed by atoms with Gasteiger partial charge in [-0.15, -0.1) is 0 Å². The molecule has 0 unspecified atom stereocenters. The van der Waals surface area contributed by atoms with E-state index < -0.39 is 41.5 Å². The Morgan fingerprint density at radius 1 is 0.939 bits per heavy atom. The van der Waals surface area contributed by atoms with Crippen LogP contribution in [0, 0.1) is 17.5 Å². The second-order valence-corrected chi connectivity index (χ2v) is 7.77. The zero-order valence-electron chi connectivity index (χ0n) is 16.9. The number of hydrogen-bond acceptors (Lipinski definition) is 5. The third-order valence-electron chi connectivity index (χ3n) is 4.61. The molecule has 1 heterocycles. The van der Waals surface area contributed by atoms with E-state index >= 15 is 0 Å². The van der Waals surface area contributed by atoms with Crippen molar-refractivity contribution in [3.05, 3.63) is 89.2 Å². The number of thioether (sulfide) groups is 1. The predicted molar refractivity (Wildman–Crippen MR) is 117 cm³/mol. The number of carbonyl (C=O) groups excluding carboxylic acids is 2. The topological polar surface area (TPSA) is 84.2 Å². The average molecular weight is 471 g/mol. The van der Waals surface area contributed by atoms with Crippen LogP contribution in [-0.4, -0.2) is 23.3 Å². The number of aromatic nitrogens is 1. The summed E-state index contributed by atoms with van der Waals surface area (Å²) in [4.78, 5) is 29.0. The standard InChI is InChI=1S/C23H16F3N3O3S/c24-15-9-10-17(21(26)20(15)25)28-19(30)11-27-22(31)14-6-2-1-5-13(14)12-33-23-29-16-7-3-4-8-18(16)32-23/h1-10H,11-12H2,(H,27,31)(H,28,30). The number of hydrogen-bond donors (Lipinski definition) is 2. The third kappa shape index (κ3) is 5.17. The van der Waals surface area contributed by atoms with Crippen molar-refractivity contribution < 1.29 is 27.2 Å². The van der Waals surface area contributed by atoms with Crippen LogP contribution in [0.15, 0.2) is 70.3 Å². The molecule has 0 bridgehead atoms. The van der Waals surface area contributed by atoms with Gasteiger partial charge in [0, 0.05) is 11.3 Å². The van der Waals surface area contributed by atoms with Crippen LogP contribution in [0.25, 0.3) is 11.1 Å². The number of benzene rings is 3. The summed E-state index contributed by atoms with van der Waals surface area (Å²) in [6, 6.07) is 15.8. The van der Waals surface area contributed by atoms with Crippen LogP contribution in [0.2, 0.25) is 0 Å². The number of fused-ring (bicyclic) bond motifs is 1. The van der Waals surface area contributed by atoms with Crippen LogP contribution in [0.4, 0.5) is 18.9 Å². The lowest BCUT2D eigenvalue weighted by molar-refractivity contribution is -0.115. The summed E-state index contributed by atoms with van der Waals surface area (Å²) >= 11 is 1.32. The summed E-state index contributed by atoms with van der Waals surface area (Å²) in [5, 5.41) is 4.99. The van der Waals surface area contributed by atoms with E-state index in [1.54, 1.807) is 24.3 Å². The number of halogens is 3. The molecule has 33 heavy (non-hydrogen) atoms. The van der Waals surface area contributed by atoms with E-state index in [1.807, 2.05) is 24.3 Å². The highest BCUT2D eigenvalue weighted by atomic mass is 32.2. The lowest BCUT2D eigenvalue weighted by atomic mass is 10.1. The van der Waals surface area contributed by atoms with Crippen LogP contribution >= 0.6 is 11.8 Å². The highest BCUT2D eigenvalue weighted by molar-refractivity contribution is 7.98. The second kappa shape index (κ2) is 9.78. The summed E-state index contributed by atoms with van der Waals surface area (Å²) in [5.74, 6) is -5.51. The molecule has 0 fully saturated rings. The smallest absolute Gasteiger partial charge is 0.257 e. The summed E-state index contributed by atoms with van der Waals surface area (Å²) in [6.45, 7) is -0.496. The number of para-hydroxylation sites is 2. The van der Waals surface area contributed by atoms with Gasteiger partial charge in [-0.05, 0) is 35.9 Å². The molecule has 0 aliphatic rings. The van der Waals surface area contributed by atoms with Gasteiger partial charge in [-0.1, -0.05) is 42.1 Å². The Balaban J connectivity index is 1.37. The molecule has 0 atom stereocenters. The largest absolute Gasteiger partial charge is 0.431 e. The number of carbonyl (C=O) groups is 2. The van der Waals surface area contributed by atoms with Crippen LogP contribution < -0.4 is 10.6 Å². The molecule has 2 N–H and O–H groups in total. The van der Waals surface area contributed by atoms with Crippen molar-refractivity contribution in [1.82, 2.24) is 10.3 Å². The highest BCUT2D eigenvalue weighted by Crippen LogP contribution is 2.27. The minimum absolute atomic E-state index is 0.341. The van der Waals surface area contributed by atoms with Gasteiger partial charge in [0.05, 0.1) is 12.2 Å². The fourth-order valence-electron chi connectivity index (χ4n) is 2.99. The van der Waals surface area contributed by atoms with Crippen molar-refractivity contribution in [2.75, 3.05) is 11.9 Å². The average Bonchev–Trinajstić information content (AvgIpc) is 3.25. The first-order chi connectivity index (χ1) is 15.9. The Bertz CT molecular complexity index is 1310. The molecule has 6 nitrogen and oxygen atoms in total. The number of anilines is 1. The molecule has 3 aromatic carbocycles. The molecule has 0 aliphatic heterocycles. The van der Waals surface area contributed by atoms with Crippen molar-refractivity contribution in [3.63, 3.8) is 0 Å². The maximum atomic E-state index is 13.7. The summed E-state index contributed by atoms with van der Waals surface area (Å²) in [6.07, 6.45) is 0. The molecule has 4 aromatic rings. The maximum Gasteiger partial charge on any atom is 0.257 e. The van der Waals surface area contributed by atoms with E-state index in [0.717, 1.165) is 11.6 Å². The van der Waals surface area contributed by atoms with Gasteiger partial charge in [-0.2, -0.15) is 0 Å². The molecule has 4 rings (SSSR count). The van der Waals surface area contributed by atoms with Gasteiger partial charge >= 0.3 is 0 Å². The fraction of sp³-hybridized carbons (Fsp3) is 0.0870. The number of nitrogens with zero attached hydrogens (tertiary/aromatic N) is 1. The van der Waals surface area contributed by atoms with Crippen LogP contribution in [-0.2, 0) is 10.5 Å². The number of nitrogens with one attached hydrogen (secondary N) is 2. The first kappa shape index (κ1) is 22.4. The minimum Gasteiger partial charge on any atom is -0.431 e. The van der Waals surface area contributed by atoms with E-state index in [4.69, 9.17) is 4.42 Å². The van der Waals surface area contributed by atoms with E-state index in [1.165, 1.54) is 11.8 Å². The highest BCUT2D eigenvalue weighted by Gasteiger charge is 2.17. The van der Waals surface area contributed by atoms with Gasteiger partial charge < -0.3 is 15.1 Å². The van der Waals surface area contributed by atoms with Gasteiger partial charge in [0.15, 0.2) is 23.0 Å². The zero-order chi connectivity index (χ0) is 23.4. The Morgan fingerprint density at radius 3 is 2.52 bits per heavy atom. The van der Waals surface area contributed by atoms with Crippen LogP contribution in [0.5, 0.6) is 0 Å². The van der Waals surface area contributed by atoms with Crippen molar-refractivity contribution in [2.45, 2.75) is 11.0 Å². The van der Waals surface area contributed by atoms with E-state index in [0.29, 0.717) is 33.8 Å². The normalized spacial score (nSPS) is 10.9. The Labute approximate surface area is 190 Å². The van der Waals surface area contributed by atoms with Crippen molar-refractivity contribution in [2.24, 2.45) is 0 Å². The molecular formula is C23H16F3N3O3S. The monoisotopic (exact) mass is 471 g/mol. The van der Waals surface area contributed by atoms with E-state index in [2.05, 4.69) is 15.6 Å². The molecule has 10 heteroatoms. The third-order valence-corrected chi connectivity index (χ3v) is 5.48. The van der Waals surface area contributed by atoms with E-state index in [9.17, 15) is 22.8 Å². The molecule has 0 radical (unpaired) electrons. The molecule has 0 saturated heterocycles. The van der Waals surface area contributed by atoms with Gasteiger partial charge in [0.2, 0.25) is 5.91 Å². The van der Waals surface area contributed by atoms with Gasteiger partial charge in [0.1, 0.15) is 5.52 Å². The Hall–Kier alpha value is -3.79. The lowest BCUT2D eigenvalue weighted by Crippen LogP contribution is -2.33. The minimum atomic E-state index is -1.69. The van der Waals surface area contributed by atoms with Crippen molar-refractivity contribution in [3.8, 4) is 0 Å². The molecule has 0 aliphatic carbocycles. The predicted octanol–water partition coefficient (Wildman–Crippen LogP) is 4.91.